The smallest absolute Gasteiger partial charge is 0.0929 e. The largest absolute Gasteiger partial charge is 0.387 e. The number of hydrogen-bond donors (Lipinski definition) is 2. The van der Waals surface area contributed by atoms with Crippen molar-refractivity contribution in [1.29, 1.82) is 0 Å². The van der Waals surface area contributed by atoms with E-state index < -0.39 is 6.10 Å². The van der Waals surface area contributed by atoms with Gasteiger partial charge in [0.05, 0.1) is 6.10 Å². The number of aliphatic hydroxyl groups is 1. The van der Waals surface area contributed by atoms with Crippen molar-refractivity contribution in [2.45, 2.75) is 37.8 Å². The van der Waals surface area contributed by atoms with Crippen LogP contribution in [0.3, 0.4) is 0 Å². The number of hydrogen-bond acceptors (Lipinski definition) is 3. The highest BCUT2D eigenvalue weighted by Crippen LogP contribution is 2.18. The van der Waals surface area contributed by atoms with E-state index in [0.717, 1.165) is 5.56 Å². The number of rotatable bonds is 4. The van der Waals surface area contributed by atoms with Crippen molar-refractivity contribution in [3.05, 3.63) is 30.1 Å². The lowest BCUT2D eigenvalue weighted by Gasteiger charge is -2.15. The van der Waals surface area contributed by atoms with Crippen LogP contribution in [0.15, 0.2) is 24.5 Å². The molecule has 2 N–H and O–H groups in total. The molecule has 0 aliphatic heterocycles. The van der Waals surface area contributed by atoms with Crippen LogP contribution in [-0.2, 0) is 0 Å². The van der Waals surface area contributed by atoms with Crippen molar-refractivity contribution >= 4 is 0 Å². The van der Waals surface area contributed by atoms with Crippen LogP contribution in [0, 0.1) is 0 Å². The molecule has 1 aromatic heterocycles. The topological polar surface area (TPSA) is 45.1 Å². The molecule has 0 spiro atoms. The second-order valence-corrected chi connectivity index (χ2v) is 4.19. The molecule has 15 heavy (non-hydrogen) atoms. The Kier molecular flexibility index (Phi) is 3.69. The molecule has 0 bridgehead atoms. The van der Waals surface area contributed by atoms with Crippen LogP contribution in [-0.4, -0.2) is 22.7 Å². The van der Waals surface area contributed by atoms with Gasteiger partial charge >= 0.3 is 0 Å². The zero-order chi connectivity index (χ0) is 10.5. The standard InChI is InChI=1S/C12H18N2O/c15-12(10-4-3-7-13-8-10)9-14-11-5-1-2-6-11/h3-4,7-8,11-12,14-15H,1-2,5-6,9H2. The second kappa shape index (κ2) is 5.24. The lowest BCUT2D eigenvalue weighted by atomic mass is 10.1. The van der Waals surface area contributed by atoms with Gasteiger partial charge in [-0.2, -0.15) is 0 Å². The van der Waals surface area contributed by atoms with E-state index in [1.165, 1.54) is 25.7 Å². The molecule has 1 aliphatic rings. The van der Waals surface area contributed by atoms with E-state index in [1.807, 2.05) is 12.1 Å². The van der Waals surface area contributed by atoms with Crippen molar-refractivity contribution in [2.75, 3.05) is 6.54 Å². The highest BCUT2D eigenvalue weighted by Gasteiger charge is 2.16. The molecule has 0 amide bonds. The molecular formula is C12H18N2O. The molecule has 1 heterocycles. The summed E-state index contributed by atoms with van der Waals surface area (Å²) in [6, 6.07) is 4.37. The maximum absolute atomic E-state index is 9.88. The van der Waals surface area contributed by atoms with Gasteiger partial charge in [0.25, 0.3) is 0 Å². The van der Waals surface area contributed by atoms with Gasteiger partial charge in [0, 0.05) is 30.5 Å². The molecule has 82 valence electrons. The minimum atomic E-state index is -0.431. The van der Waals surface area contributed by atoms with Crippen molar-refractivity contribution in [1.82, 2.24) is 10.3 Å². The third-order valence-electron chi connectivity index (χ3n) is 3.02. The first kappa shape index (κ1) is 10.6. The van der Waals surface area contributed by atoms with Gasteiger partial charge in [-0.15, -0.1) is 0 Å². The highest BCUT2D eigenvalue weighted by molar-refractivity contribution is 5.12. The number of nitrogens with one attached hydrogen (secondary N) is 1. The van der Waals surface area contributed by atoms with Gasteiger partial charge in [-0.05, 0) is 18.9 Å². The highest BCUT2D eigenvalue weighted by atomic mass is 16.3. The summed E-state index contributed by atoms with van der Waals surface area (Å²) in [7, 11) is 0. The summed E-state index contributed by atoms with van der Waals surface area (Å²) >= 11 is 0. The van der Waals surface area contributed by atoms with Crippen LogP contribution in [0.4, 0.5) is 0 Å². The number of aromatic nitrogens is 1. The molecule has 1 aliphatic carbocycles. The molecule has 0 aromatic carbocycles. The molecule has 3 heteroatoms. The van der Waals surface area contributed by atoms with Crippen LogP contribution in [0.5, 0.6) is 0 Å². The van der Waals surface area contributed by atoms with E-state index in [2.05, 4.69) is 10.3 Å². The lowest BCUT2D eigenvalue weighted by molar-refractivity contribution is 0.169. The molecule has 1 saturated carbocycles. The normalized spacial score (nSPS) is 19.3. The van der Waals surface area contributed by atoms with E-state index in [0.29, 0.717) is 12.6 Å². The third-order valence-corrected chi connectivity index (χ3v) is 3.02. The fourth-order valence-electron chi connectivity index (χ4n) is 2.10. The average Bonchev–Trinajstić information content (AvgIpc) is 2.80. The third kappa shape index (κ3) is 3.01. The Morgan fingerprint density at radius 3 is 2.93 bits per heavy atom. The maximum Gasteiger partial charge on any atom is 0.0929 e. The van der Waals surface area contributed by atoms with E-state index in [-0.39, 0.29) is 0 Å². The Balaban J connectivity index is 1.79. The van der Waals surface area contributed by atoms with Crippen molar-refractivity contribution in [3.8, 4) is 0 Å². The predicted molar refractivity (Wildman–Crippen MR) is 59.5 cm³/mol. The molecule has 3 nitrogen and oxygen atoms in total. The van der Waals surface area contributed by atoms with Crippen molar-refractivity contribution in [2.24, 2.45) is 0 Å². The molecular weight excluding hydrogens is 188 g/mol. The van der Waals surface area contributed by atoms with E-state index in [9.17, 15) is 5.11 Å². The van der Waals surface area contributed by atoms with Crippen molar-refractivity contribution < 1.29 is 5.11 Å². The Hall–Kier alpha value is -0.930. The first-order valence-electron chi connectivity index (χ1n) is 5.67. The SMILES string of the molecule is OC(CNC1CCCC1)c1cccnc1. The summed E-state index contributed by atoms with van der Waals surface area (Å²) in [5, 5.41) is 13.3. The maximum atomic E-state index is 9.88. The van der Waals surface area contributed by atoms with E-state index in [1.54, 1.807) is 12.4 Å². The fourth-order valence-corrected chi connectivity index (χ4v) is 2.10. The minimum absolute atomic E-state index is 0.431. The Labute approximate surface area is 90.5 Å². The Morgan fingerprint density at radius 1 is 1.47 bits per heavy atom. The summed E-state index contributed by atoms with van der Waals surface area (Å²) < 4.78 is 0. The molecule has 1 aromatic rings. The molecule has 1 fully saturated rings. The second-order valence-electron chi connectivity index (χ2n) is 4.19. The van der Waals surface area contributed by atoms with Crippen LogP contribution in [0.2, 0.25) is 0 Å². The fraction of sp³-hybridized carbons (Fsp3) is 0.583. The predicted octanol–water partition coefficient (Wildman–Crippen LogP) is 1.65. The van der Waals surface area contributed by atoms with Gasteiger partial charge in [0.2, 0.25) is 0 Å². The molecule has 2 rings (SSSR count). The van der Waals surface area contributed by atoms with Crippen molar-refractivity contribution in [3.63, 3.8) is 0 Å². The molecule has 0 radical (unpaired) electrons. The first-order chi connectivity index (χ1) is 7.36. The zero-order valence-corrected chi connectivity index (χ0v) is 8.89. The minimum Gasteiger partial charge on any atom is -0.387 e. The molecule has 1 unspecified atom stereocenters. The monoisotopic (exact) mass is 206 g/mol. The Bertz CT molecular complexity index is 283. The average molecular weight is 206 g/mol. The summed E-state index contributed by atoms with van der Waals surface area (Å²) in [5.74, 6) is 0. The van der Waals surface area contributed by atoms with E-state index >= 15 is 0 Å². The number of pyridine rings is 1. The van der Waals surface area contributed by atoms with Gasteiger partial charge < -0.3 is 10.4 Å². The van der Waals surface area contributed by atoms with Gasteiger partial charge in [-0.25, -0.2) is 0 Å². The van der Waals surface area contributed by atoms with E-state index in [4.69, 9.17) is 0 Å². The number of nitrogens with zero attached hydrogens (tertiary/aromatic N) is 1. The summed E-state index contributed by atoms with van der Waals surface area (Å²) in [4.78, 5) is 4.00. The van der Waals surface area contributed by atoms with Gasteiger partial charge in [-0.3, -0.25) is 4.98 Å². The quantitative estimate of drug-likeness (QED) is 0.787. The molecule has 0 saturated heterocycles. The van der Waals surface area contributed by atoms with Crippen LogP contribution < -0.4 is 5.32 Å². The summed E-state index contributed by atoms with van der Waals surface area (Å²) in [6.45, 7) is 0.635. The van der Waals surface area contributed by atoms with Crippen LogP contribution in [0.25, 0.3) is 0 Å². The molecule has 1 atom stereocenters. The summed E-state index contributed by atoms with van der Waals surface area (Å²) in [5.41, 5.74) is 0.892. The lowest BCUT2D eigenvalue weighted by Crippen LogP contribution is -2.30. The van der Waals surface area contributed by atoms with Crippen LogP contribution >= 0.6 is 0 Å². The Morgan fingerprint density at radius 2 is 2.27 bits per heavy atom. The van der Waals surface area contributed by atoms with Crippen LogP contribution in [0.1, 0.15) is 37.4 Å². The number of aliphatic hydroxyl groups excluding tert-OH is 1. The van der Waals surface area contributed by atoms with Gasteiger partial charge in [0.15, 0.2) is 0 Å². The van der Waals surface area contributed by atoms with Gasteiger partial charge in [0.1, 0.15) is 0 Å². The van der Waals surface area contributed by atoms with Gasteiger partial charge in [-0.1, -0.05) is 18.9 Å². The zero-order valence-electron chi connectivity index (χ0n) is 8.89. The summed E-state index contributed by atoms with van der Waals surface area (Å²) in [6.07, 6.45) is 8.15. The first-order valence-corrected chi connectivity index (χ1v) is 5.67.